The highest BCUT2D eigenvalue weighted by Crippen LogP contribution is 2.46. The van der Waals surface area contributed by atoms with Crippen molar-refractivity contribution in [2.75, 3.05) is 6.61 Å². The number of hydrogen-bond donors (Lipinski definition) is 1. The normalized spacial score (nSPS) is 17.6. The quantitative estimate of drug-likeness (QED) is 0.610. The molecule has 0 aromatic heterocycles. The molecule has 1 aromatic carbocycles. The summed E-state index contributed by atoms with van der Waals surface area (Å²) in [7, 11) is -3.89. The van der Waals surface area contributed by atoms with E-state index >= 15 is 0 Å². The van der Waals surface area contributed by atoms with Crippen molar-refractivity contribution in [2.45, 2.75) is 37.0 Å². The maximum atomic E-state index is 11.1. The van der Waals surface area contributed by atoms with Crippen LogP contribution in [0.3, 0.4) is 0 Å². The topological polar surface area (TPSA) is 63.6 Å². The lowest BCUT2D eigenvalue weighted by Gasteiger charge is -2.11. The minimum Gasteiger partial charge on any atom is -0.377 e. The zero-order valence-electron chi connectivity index (χ0n) is 10.2. The summed E-state index contributed by atoms with van der Waals surface area (Å²) < 4.78 is 35.9. The third-order valence-corrected chi connectivity index (χ3v) is 5.09. The second kappa shape index (κ2) is 5.38. The van der Waals surface area contributed by atoms with Crippen LogP contribution in [0, 0.1) is 0 Å². The van der Waals surface area contributed by atoms with E-state index in [-0.39, 0.29) is 0 Å². The van der Waals surface area contributed by atoms with E-state index in [1.54, 1.807) is 0 Å². The molecule has 2 rings (SSSR count). The van der Waals surface area contributed by atoms with Crippen LogP contribution in [-0.2, 0) is 21.5 Å². The summed E-state index contributed by atoms with van der Waals surface area (Å²) in [4.78, 5) is 0. The van der Waals surface area contributed by atoms with Gasteiger partial charge in [-0.1, -0.05) is 30.3 Å². The molecule has 0 spiro atoms. The van der Waals surface area contributed by atoms with Gasteiger partial charge in [0.2, 0.25) is 0 Å². The number of rotatable bonds is 7. The van der Waals surface area contributed by atoms with Gasteiger partial charge in [0, 0.05) is 6.61 Å². The van der Waals surface area contributed by atoms with Crippen molar-refractivity contribution in [2.24, 2.45) is 0 Å². The monoisotopic (exact) mass is 270 g/mol. The first-order valence-corrected chi connectivity index (χ1v) is 7.56. The van der Waals surface area contributed by atoms with Gasteiger partial charge in [0.15, 0.2) is 0 Å². The molecule has 18 heavy (non-hydrogen) atoms. The van der Waals surface area contributed by atoms with Gasteiger partial charge in [0.25, 0.3) is 10.1 Å². The Morgan fingerprint density at radius 1 is 1.22 bits per heavy atom. The van der Waals surface area contributed by atoms with Gasteiger partial charge in [0.1, 0.15) is 0 Å². The molecular formula is C13H18O4S. The SMILES string of the molecule is O=S(=O)(O)C1(CCCOCc2ccccc2)CC1. The van der Waals surface area contributed by atoms with Crippen LogP contribution in [0.25, 0.3) is 0 Å². The highest BCUT2D eigenvalue weighted by molar-refractivity contribution is 7.87. The van der Waals surface area contributed by atoms with Crippen LogP contribution >= 0.6 is 0 Å². The van der Waals surface area contributed by atoms with Crippen LogP contribution in [0.15, 0.2) is 30.3 Å². The van der Waals surface area contributed by atoms with Crippen molar-refractivity contribution in [3.8, 4) is 0 Å². The third kappa shape index (κ3) is 3.31. The minimum absolute atomic E-state index is 0.487. The fraction of sp³-hybridized carbons (Fsp3) is 0.538. The lowest BCUT2D eigenvalue weighted by molar-refractivity contribution is 0.116. The molecule has 1 N–H and O–H groups in total. The summed E-state index contributed by atoms with van der Waals surface area (Å²) in [6.07, 6.45) is 2.29. The van der Waals surface area contributed by atoms with Crippen LogP contribution in [0.1, 0.15) is 31.2 Å². The molecule has 0 heterocycles. The van der Waals surface area contributed by atoms with Gasteiger partial charge < -0.3 is 4.74 Å². The Bertz CT molecular complexity index is 477. The van der Waals surface area contributed by atoms with Gasteiger partial charge >= 0.3 is 0 Å². The molecule has 1 aliphatic rings. The number of benzene rings is 1. The van der Waals surface area contributed by atoms with Crippen molar-refractivity contribution < 1.29 is 17.7 Å². The molecule has 100 valence electrons. The van der Waals surface area contributed by atoms with Gasteiger partial charge in [-0.15, -0.1) is 0 Å². The van der Waals surface area contributed by atoms with E-state index in [1.807, 2.05) is 30.3 Å². The average molecular weight is 270 g/mol. The summed E-state index contributed by atoms with van der Waals surface area (Å²) in [6.45, 7) is 1.06. The molecule has 1 fully saturated rings. The zero-order chi connectivity index (χ0) is 13.1. The molecule has 0 atom stereocenters. The van der Waals surface area contributed by atoms with Gasteiger partial charge in [0.05, 0.1) is 11.4 Å². The summed E-state index contributed by atoms with van der Waals surface area (Å²) in [5.41, 5.74) is 1.11. The molecule has 1 aliphatic carbocycles. The van der Waals surface area contributed by atoms with E-state index in [1.165, 1.54) is 0 Å². The van der Waals surface area contributed by atoms with Crippen LogP contribution in [-0.4, -0.2) is 24.3 Å². The average Bonchev–Trinajstić information content (AvgIpc) is 3.10. The fourth-order valence-corrected chi connectivity index (χ4v) is 3.06. The Morgan fingerprint density at radius 2 is 1.89 bits per heavy atom. The molecule has 1 aromatic rings. The van der Waals surface area contributed by atoms with Crippen molar-refractivity contribution >= 4 is 10.1 Å². The minimum atomic E-state index is -3.89. The van der Waals surface area contributed by atoms with Gasteiger partial charge in [-0.2, -0.15) is 8.42 Å². The molecule has 0 amide bonds. The predicted octanol–water partition coefficient (Wildman–Crippen LogP) is 2.40. The largest absolute Gasteiger partial charge is 0.377 e. The van der Waals surface area contributed by atoms with Crippen molar-refractivity contribution in [3.63, 3.8) is 0 Å². The van der Waals surface area contributed by atoms with Gasteiger partial charge in [-0.05, 0) is 31.2 Å². The zero-order valence-corrected chi connectivity index (χ0v) is 11.0. The first-order valence-electron chi connectivity index (χ1n) is 6.12. The molecule has 0 bridgehead atoms. The highest BCUT2D eigenvalue weighted by atomic mass is 32.2. The molecule has 0 saturated heterocycles. The lowest BCUT2D eigenvalue weighted by atomic mass is 10.2. The van der Waals surface area contributed by atoms with Crippen LogP contribution < -0.4 is 0 Å². The standard InChI is InChI=1S/C13H18O4S/c14-18(15,16)13(8-9-13)7-4-10-17-11-12-5-2-1-3-6-12/h1-3,5-6H,4,7-11H2,(H,14,15,16). The molecule has 5 heteroatoms. The molecule has 4 nitrogen and oxygen atoms in total. The summed E-state index contributed by atoms with van der Waals surface area (Å²) >= 11 is 0. The van der Waals surface area contributed by atoms with E-state index in [9.17, 15) is 8.42 Å². The van der Waals surface area contributed by atoms with E-state index < -0.39 is 14.9 Å². The molecular weight excluding hydrogens is 252 g/mol. The van der Waals surface area contributed by atoms with Crippen LogP contribution in [0.2, 0.25) is 0 Å². The van der Waals surface area contributed by atoms with Crippen molar-refractivity contribution in [1.82, 2.24) is 0 Å². The Labute approximate surface area is 108 Å². The van der Waals surface area contributed by atoms with E-state index in [4.69, 9.17) is 9.29 Å². The second-order valence-corrected chi connectivity index (χ2v) is 6.62. The maximum Gasteiger partial charge on any atom is 0.270 e. The molecule has 0 radical (unpaired) electrons. The predicted molar refractivity (Wildman–Crippen MR) is 68.8 cm³/mol. The Hall–Kier alpha value is -0.910. The van der Waals surface area contributed by atoms with E-state index in [2.05, 4.69) is 0 Å². The summed E-state index contributed by atoms with van der Waals surface area (Å²) in [6, 6.07) is 9.83. The van der Waals surface area contributed by atoms with Crippen LogP contribution in [0.4, 0.5) is 0 Å². The van der Waals surface area contributed by atoms with Crippen LogP contribution in [0.5, 0.6) is 0 Å². The fourth-order valence-electron chi connectivity index (χ4n) is 2.04. The molecule has 0 unspecified atom stereocenters. The lowest BCUT2D eigenvalue weighted by Crippen LogP contribution is -2.22. The Kier molecular flexibility index (Phi) is 4.04. The third-order valence-electron chi connectivity index (χ3n) is 3.39. The van der Waals surface area contributed by atoms with Crippen molar-refractivity contribution in [1.29, 1.82) is 0 Å². The van der Waals surface area contributed by atoms with E-state index in [0.717, 1.165) is 5.56 Å². The van der Waals surface area contributed by atoms with Crippen molar-refractivity contribution in [3.05, 3.63) is 35.9 Å². The Morgan fingerprint density at radius 3 is 2.44 bits per heavy atom. The maximum absolute atomic E-state index is 11.1. The molecule has 1 saturated carbocycles. The Balaban J connectivity index is 1.66. The van der Waals surface area contributed by atoms with Gasteiger partial charge in [-0.25, -0.2) is 0 Å². The number of hydrogen-bond acceptors (Lipinski definition) is 3. The highest BCUT2D eigenvalue weighted by Gasteiger charge is 2.53. The summed E-state index contributed by atoms with van der Waals surface area (Å²) in [5, 5.41) is 0. The molecule has 0 aliphatic heterocycles. The number of ether oxygens (including phenoxy) is 1. The van der Waals surface area contributed by atoms with Gasteiger partial charge in [-0.3, -0.25) is 4.55 Å². The summed E-state index contributed by atoms with van der Waals surface area (Å²) in [5.74, 6) is 0. The first kappa shape index (κ1) is 13.5. The second-order valence-electron chi connectivity index (χ2n) is 4.80. The first-order chi connectivity index (χ1) is 8.54. The smallest absolute Gasteiger partial charge is 0.270 e. The van der Waals surface area contributed by atoms with E-state index in [0.29, 0.717) is 38.9 Å².